The molecule has 0 radical (unpaired) electrons. The molecule has 1 aromatic carbocycles. The van der Waals surface area contributed by atoms with Crippen molar-refractivity contribution >= 4 is 11.6 Å². The topological polar surface area (TPSA) is 84.3 Å². The summed E-state index contributed by atoms with van der Waals surface area (Å²) in [5.74, 6) is -1.98. The number of aliphatic hydroxyl groups excluding tert-OH is 1. The number of aliphatic hydroxyl groups is 1. The molecule has 1 fully saturated rings. The lowest BCUT2D eigenvalue weighted by molar-refractivity contribution is -0.124. The van der Waals surface area contributed by atoms with E-state index in [-0.39, 0.29) is 29.0 Å². The van der Waals surface area contributed by atoms with Crippen molar-refractivity contribution in [2.45, 2.75) is 38.6 Å². The zero-order chi connectivity index (χ0) is 22.8. The third-order valence-corrected chi connectivity index (χ3v) is 5.84. The summed E-state index contributed by atoms with van der Waals surface area (Å²) in [5, 5.41) is 13.1. The van der Waals surface area contributed by atoms with E-state index in [1.54, 1.807) is 18.3 Å². The smallest absolute Gasteiger partial charge is 0.274 e. The maximum absolute atomic E-state index is 14.3. The van der Waals surface area contributed by atoms with Crippen LogP contribution in [-0.4, -0.2) is 33.2 Å². The molecule has 3 aromatic rings. The van der Waals surface area contributed by atoms with Gasteiger partial charge in [-0.25, -0.2) is 13.8 Å². The number of anilines is 1. The fraction of sp³-hybridized carbons (Fsp3) is 0.292. The van der Waals surface area contributed by atoms with Gasteiger partial charge in [0.05, 0.1) is 30.2 Å². The maximum Gasteiger partial charge on any atom is 0.274 e. The number of nitrogens with zero attached hydrogens (tertiary/aromatic N) is 2. The molecule has 4 rings (SSSR count). The number of hydrogen-bond acceptors (Lipinski definition) is 5. The highest BCUT2D eigenvalue weighted by atomic mass is 19.1. The molecule has 1 saturated heterocycles. The SMILES string of the molecule is C[C@@H]1[C@H](O)C[C@H](c2ccncc2NC(=O)c2ccc(F)c(-c3ccccc3F)n2)O[C@@H]1C. The quantitative estimate of drug-likeness (QED) is 0.624. The van der Waals surface area contributed by atoms with Gasteiger partial charge in [0.1, 0.15) is 23.0 Å². The van der Waals surface area contributed by atoms with E-state index in [0.717, 1.165) is 6.07 Å². The molecular weight excluding hydrogens is 416 g/mol. The maximum atomic E-state index is 14.3. The number of hydrogen-bond donors (Lipinski definition) is 2. The lowest BCUT2D eigenvalue weighted by Gasteiger charge is -2.37. The third-order valence-electron chi connectivity index (χ3n) is 5.84. The molecule has 0 bridgehead atoms. The number of carbonyl (C=O) groups is 1. The molecule has 0 saturated carbocycles. The number of nitrogens with one attached hydrogen (secondary N) is 1. The van der Waals surface area contributed by atoms with Gasteiger partial charge >= 0.3 is 0 Å². The van der Waals surface area contributed by atoms with Crippen molar-refractivity contribution in [1.82, 2.24) is 9.97 Å². The minimum absolute atomic E-state index is 0.00801. The zero-order valence-electron chi connectivity index (χ0n) is 17.6. The lowest BCUT2D eigenvalue weighted by atomic mass is 9.88. The van der Waals surface area contributed by atoms with Gasteiger partial charge in [-0.1, -0.05) is 19.1 Å². The predicted molar refractivity (Wildman–Crippen MR) is 115 cm³/mol. The third kappa shape index (κ3) is 4.37. The average Bonchev–Trinajstić information content (AvgIpc) is 2.78. The summed E-state index contributed by atoms with van der Waals surface area (Å²) in [6, 6.07) is 9.69. The number of carbonyl (C=O) groups excluding carboxylic acids is 1. The van der Waals surface area contributed by atoms with Crippen LogP contribution in [0.15, 0.2) is 54.9 Å². The summed E-state index contributed by atoms with van der Waals surface area (Å²) in [6.45, 7) is 3.82. The number of aromatic nitrogens is 2. The number of rotatable bonds is 4. The summed E-state index contributed by atoms with van der Waals surface area (Å²) < 4.78 is 34.5. The molecule has 3 heterocycles. The van der Waals surface area contributed by atoms with Gasteiger partial charge in [0.2, 0.25) is 0 Å². The average molecular weight is 439 g/mol. The normalized spacial score (nSPS) is 23.0. The first kappa shape index (κ1) is 22.0. The minimum atomic E-state index is -0.735. The fourth-order valence-corrected chi connectivity index (χ4v) is 3.77. The molecule has 0 unspecified atom stereocenters. The van der Waals surface area contributed by atoms with Crippen LogP contribution in [0.2, 0.25) is 0 Å². The van der Waals surface area contributed by atoms with Crippen molar-refractivity contribution in [3.05, 3.63) is 77.8 Å². The van der Waals surface area contributed by atoms with Crippen molar-refractivity contribution in [2.75, 3.05) is 5.32 Å². The monoisotopic (exact) mass is 439 g/mol. The Morgan fingerprint density at radius 2 is 1.91 bits per heavy atom. The number of halogens is 2. The van der Waals surface area contributed by atoms with Gasteiger partial charge in [0, 0.05) is 29.7 Å². The van der Waals surface area contributed by atoms with Crippen LogP contribution in [0.25, 0.3) is 11.3 Å². The van der Waals surface area contributed by atoms with Crippen LogP contribution in [0, 0.1) is 17.6 Å². The molecule has 1 aliphatic heterocycles. The van der Waals surface area contributed by atoms with Crippen molar-refractivity contribution in [1.29, 1.82) is 0 Å². The second-order valence-electron chi connectivity index (χ2n) is 7.92. The van der Waals surface area contributed by atoms with Crippen LogP contribution in [0.1, 0.15) is 42.4 Å². The number of ether oxygens (including phenoxy) is 1. The van der Waals surface area contributed by atoms with Gasteiger partial charge in [0.25, 0.3) is 5.91 Å². The molecule has 32 heavy (non-hydrogen) atoms. The minimum Gasteiger partial charge on any atom is -0.393 e. The fourth-order valence-electron chi connectivity index (χ4n) is 3.77. The first-order chi connectivity index (χ1) is 15.3. The molecule has 0 spiro atoms. The van der Waals surface area contributed by atoms with Gasteiger partial charge in [-0.15, -0.1) is 0 Å². The summed E-state index contributed by atoms with van der Waals surface area (Å²) in [4.78, 5) is 21.0. The van der Waals surface area contributed by atoms with E-state index in [0.29, 0.717) is 17.7 Å². The Morgan fingerprint density at radius 3 is 2.66 bits per heavy atom. The van der Waals surface area contributed by atoms with Crippen LogP contribution in [0.5, 0.6) is 0 Å². The lowest BCUT2D eigenvalue weighted by Crippen LogP contribution is -2.38. The first-order valence-corrected chi connectivity index (χ1v) is 10.4. The largest absolute Gasteiger partial charge is 0.393 e. The van der Waals surface area contributed by atoms with Gasteiger partial charge in [-0.05, 0) is 37.3 Å². The second-order valence-corrected chi connectivity index (χ2v) is 7.92. The van der Waals surface area contributed by atoms with Crippen molar-refractivity contribution in [2.24, 2.45) is 5.92 Å². The van der Waals surface area contributed by atoms with E-state index in [4.69, 9.17) is 4.74 Å². The van der Waals surface area contributed by atoms with Gasteiger partial charge < -0.3 is 15.2 Å². The highest BCUT2D eigenvalue weighted by Crippen LogP contribution is 2.37. The van der Waals surface area contributed by atoms with E-state index in [9.17, 15) is 18.7 Å². The molecule has 8 heteroatoms. The first-order valence-electron chi connectivity index (χ1n) is 10.4. The molecule has 4 atom stereocenters. The Hall–Kier alpha value is -3.23. The Kier molecular flexibility index (Phi) is 6.25. The van der Waals surface area contributed by atoms with Crippen LogP contribution >= 0.6 is 0 Å². The molecule has 0 aliphatic carbocycles. The zero-order valence-corrected chi connectivity index (χ0v) is 17.6. The van der Waals surface area contributed by atoms with Crippen molar-refractivity contribution in [3.8, 4) is 11.3 Å². The molecule has 1 aliphatic rings. The molecular formula is C24H23F2N3O3. The highest BCUT2D eigenvalue weighted by molar-refractivity contribution is 6.03. The summed E-state index contributed by atoms with van der Waals surface area (Å²) >= 11 is 0. The number of benzene rings is 1. The van der Waals surface area contributed by atoms with Crippen LogP contribution < -0.4 is 5.32 Å². The van der Waals surface area contributed by atoms with Gasteiger partial charge in [-0.2, -0.15) is 0 Å². The number of amides is 1. The van der Waals surface area contributed by atoms with Crippen LogP contribution in [0.3, 0.4) is 0 Å². The van der Waals surface area contributed by atoms with Crippen molar-refractivity contribution < 1.29 is 23.4 Å². The molecule has 1 amide bonds. The summed E-state index contributed by atoms with van der Waals surface area (Å²) in [7, 11) is 0. The van der Waals surface area contributed by atoms with E-state index in [1.807, 2.05) is 13.8 Å². The Balaban J connectivity index is 1.61. The Bertz CT molecular complexity index is 1130. The van der Waals surface area contributed by atoms with E-state index in [2.05, 4.69) is 15.3 Å². The van der Waals surface area contributed by atoms with Gasteiger partial charge in [-0.3, -0.25) is 9.78 Å². The summed E-state index contributed by atoms with van der Waals surface area (Å²) in [5.41, 5.74) is 0.710. The van der Waals surface area contributed by atoms with E-state index in [1.165, 1.54) is 30.5 Å². The Morgan fingerprint density at radius 1 is 1.12 bits per heavy atom. The van der Waals surface area contributed by atoms with E-state index >= 15 is 0 Å². The van der Waals surface area contributed by atoms with Gasteiger partial charge in [0.15, 0.2) is 0 Å². The molecule has 166 valence electrons. The summed E-state index contributed by atoms with van der Waals surface area (Å²) in [6.07, 6.45) is 2.31. The standard InChI is InChI=1S/C24H23F2N3O3/c1-13-14(2)32-22(11-21(13)30)16-9-10-27-12-20(16)29-24(31)19-8-7-18(26)23(28-19)15-5-3-4-6-17(15)25/h3-10,12-14,21-22,30H,11H2,1-2H3,(H,29,31)/t13-,14+,21+,22+/m0/s1. The Labute approximate surface area is 184 Å². The van der Waals surface area contributed by atoms with Crippen LogP contribution in [-0.2, 0) is 4.74 Å². The molecule has 2 aromatic heterocycles. The predicted octanol–water partition coefficient (Wildman–Crippen LogP) is 4.52. The molecule has 6 nitrogen and oxygen atoms in total. The van der Waals surface area contributed by atoms with E-state index < -0.39 is 29.7 Å². The van der Waals surface area contributed by atoms with Crippen molar-refractivity contribution in [3.63, 3.8) is 0 Å². The molecule has 2 N–H and O–H groups in total. The highest BCUT2D eigenvalue weighted by Gasteiger charge is 2.34. The second kappa shape index (κ2) is 9.10. The van der Waals surface area contributed by atoms with Crippen LogP contribution in [0.4, 0.5) is 14.5 Å². The number of pyridine rings is 2.